The van der Waals surface area contributed by atoms with Gasteiger partial charge < -0.3 is 24.2 Å². The van der Waals surface area contributed by atoms with Crippen molar-refractivity contribution in [2.45, 2.75) is 101 Å². The van der Waals surface area contributed by atoms with Gasteiger partial charge in [-0.05, 0) is 149 Å². The van der Waals surface area contributed by atoms with E-state index in [0.29, 0.717) is 80.4 Å². The highest BCUT2D eigenvalue weighted by molar-refractivity contribution is 7.93. The van der Waals surface area contributed by atoms with Gasteiger partial charge in [-0.3, -0.25) is 8.61 Å². The normalized spacial score (nSPS) is 18.2. The molecule has 4 heterocycles. The fraction of sp³-hybridized carbons (Fsp3) is 0.417. The molecule has 0 atom stereocenters. The number of halogens is 5. The first kappa shape index (κ1) is 52.4. The minimum Gasteiger partial charge on any atom is -0.415 e. The highest BCUT2D eigenvalue weighted by Crippen LogP contribution is 2.34. The summed E-state index contributed by atoms with van der Waals surface area (Å²) in [7, 11) is -7.27. The summed E-state index contributed by atoms with van der Waals surface area (Å²) in [5.74, 6) is -1.50. The predicted octanol–water partition coefficient (Wildman–Crippen LogP) is 8.80. The van der Waals surface area contributed by atoms with Gasteiger partial charge in [-0.15, -0.1) is 32.8 Å². The van der Waals surface area contributed by atoms with E-state index in [9.17, 15) is 39.5 Å². The van der Waals surface area contributed by atoms with E-state index in [0.717, 1.165) is 35.1 Å². The van der Waals surface area contributed by atoms with E-state index in [1.807, 2.05) is 50.2 Å². The van der Waals surface area contributed by atoms with Crippen molar-refractivity contribution in [1.82, 2.24) is 30.6 Å². The van der Waals surface area contributed by atoms with Crippen molar-refractivity contribution in [2.24, 2.45) is 0 Å². The molecule has 376 valence electrons. The summed E-state index contributed by atoms with van der Waals surface area (Å²) in [5, 5.41) is 25.9. The van der Waals surface area contributed by atoms with Crippen molar-refractivity contribution < 1.29 is 48.3 Å². The van der Waals surface area contributed by atoms with Crippen molar-refractivity contribution in [3.8, 4) is 22.9 Å². The van der Waals surface area contributed by atoms with Crippen LogP contribution in [0.3, 0.4) is 0 Å². The van der Waals surface area contributed by atoms with Crippen LogP contribution in [0.25, 0.3) is 22.9 Å². The van der Waals surface area contributed by atoms with Gasteiger partial charge in [0.1, 0.15) is 0 Å². The summed E-state index contributed by atoms with van der Waals surface area (Å²) in [6.07, 6.45) is -2.19. The van der Waals surface area contributed by atoms with Gasteiger partial charge in [-0.2, -0.15) is 17.6 Å². The second kappa shape index (κ2) is 22.7. The quantitative estimate of drug-likeness (QED) is 0.0930. The van der Waals surface area contributed by atoms with E-state index in [4.69, 9.17) is 8.83 Å². The topological polar surface area (TPSA) is 188 Å². The molecule has 0 bridgehead atoms. The molecule has 22 heteroatoms. The predicted molar refractivity (Wildman–Crippen MR) is 259 cm³/mol. The number of piperidine rings is 2. The number of aliphatic hydroxyl groups excluding tert-OH is 1. The monoisotopic (exact) mass is 1030 g/mol. The third-order valence-electron chi connectivity index (χ3n) is 12.7. The highest BCUT2D eigenvalue weighted by atomic mass is 35.5. The van der Waals surface area contributed by atoms with Crippen LogP contribution in [0, 0.1) is 13.8 Å². The second-order valence-electron chi connectivity index (χ2n) is 17.6. The van der Waals surface area contributed by atoms with Crippen LogP contribution in [-0.4, -0.2) is 96.1 Å². The zero-order chi connectivity index (χ0) is 48.9. The Morgan fingerprint density at radius 2 is 1.06 bits per heavy atom. The first-order valence-electron chi connectivity index (χ1n) is 22.8. The zero-order valence-electron chi connectivity index (χ0n) is 38.5. The molecule has 4 aromatic carbocycles. The van der Waals surface area contributed by atoms with Crippen molar-refractivity contribution in [3.63, 3.8) is 0 Å². The number of alkyl halides is 4. The number of benzene rings is 4. The van der Waals surface area contributed by atoms with Crippen LogP contribution in [0.2, 0.25) is 0 Å². The molecule has 2 aliphatic heterocycles. The first-order valence-corrected chi connectivity index (χ1v) is 25.8. The largest absolute Gasteiger partial charge is 0.415 e. The molecule has 3 aliphatic rings. The Hall–Kier alpha value is -5.45. The van der Waals surface area contributed by atoms with E-state index in [2.05, 4.69) is 30.6 Å². The van der Waals surface area contributed by atoms with Crippen LogP contribution >= 0.6 is 12.4 Å². The Balaban J connectivity index is 0.000000206. The number of aliphatic hydroxyl groups is 1. The minimum absolute atomic E-state index is 0. The lowest BCUT2D eigenvalue weighted by atomic mass is 9.87. The van der Waals surface area contributed by atoms with Crippen LogP contribution in [0.15, 0.2) is 106 Å². The van der Waals surface area contributed by atoms with Crippen LogP contribution < -0.4 is 13.9 Å². The number of nitrogens with one attached hydrogen (secondary N) is 1. The van der Waals surface area contributed by atoms with Crippen LogP contribution in [0.1, 0.15) is 85.4 Å². The Bertz CT molecular complexity index is 2880. The van der Waals surface area contributed by atoms with Gasteiger partial charge in [0.05, 0.1) is 41.1 Å². The third-order valence-corrected chi connectivity index (χ3v) is 17.2. The van der Waals surface area contributed by atoms with Gasteiger partial charge in [-0.25, -0.2) is 16.8 Å². The number of sulfonamides is 2. The molecule has 2 saturated heterocycles. The Labute approximate surface area is 410 Å². The summed E-state index contributed by atoms with van der Waals surface area (Å²) in [4.78, 5) is 2.30. The molecule has 0 unspecified atom stereocenters. The number of likely N-dealkylation sites (tertiary alicyclic amines) is 1. The first-order chi connectivity index (χ1) is 33.0. The maximum absolute atomic E-state index is 13.9. The number of aryl methyl sites for hydroxylation is 2. The van der Waals surface area contributed by atoms with E-state index >= 15 is 0 Å². The molecule has 9 rings (SSSR count). The maximum atomic E-state index is 13.9. The molecule has 2 aromatic heterocycles. The molecular weight excluding hydrogens is 976 g/mol. The summed E-state index contributed by atoms with van der Waals surface area (Å²) < 4.78 is 119. The van der Waals surface area contributed by atoms with Gasteiger partial charge in [0, 0.05) is 17.2 Å². The number of aromatic nitrogens is 4. The summed E-state index contributed by atoms with van der Waals surface area (Å²) >= 11 is 0. The lowest BCUT2D eigenvalue weighted by Crippen LogP contribution is -2.52. The van der Waals surface area contributed by atoms with E-state index in [-0.39, 0.29) is 43.4 Å². The highest BCUT2D eigenvalue weighted by Gasteiger charge is 2.40. The van der Waals surface area contributed by atoms with Crippen molar-refractivity contribution in [3.05, 3.63) is 131 Å². The molecule has 15 nitrogen and oxygen atoms in total. The number of hydrogen-bond donors (Lipinski definition) is 2. The Kier molecular flexibility index (Phi) is 17.0. The fourth-order valence-corrected chi connectivity index (χ4v) is 12.6. The standard InChI is InChI=1S/C26H30F2N4O4S.C22H24F2N4O3S.ClH/c1-17-3-2-4-20(13-17)32(37(34,35)23-9-11-31(12-10-23)21-14-22(33)15-21)16-18-5-7-19(8-6-18)25-29-30-26(36-25)24(27)28;1-15-3-2-4-18(13-15)28(32(29,30)19-9-11-25-12-10-19)14-16-5-7-17(8-6-16)21-26-27-22(31-21)20(23)24;/h2-8,13,21-24,33H,9-12,14-16H2,1H3;2-8,13,19-20,25H,9-12,14H2,1H3;1H. The number of nitrogens with zero attached hydrogens (tertiary/aromatic N) is 7. The van der Waals surface area contributed by atoms with Crippen molar-refractivity contribution in [1.29, 1.82) is 0 Å². The minimum atomic E-state index is -3.68. The summed E-state index contributed by atoms with van der Waals surface area (Å²) in [6.45, 7) is 6.87. The van der Waals surface area contributed by atoms with Crippen molar-refractivity contribution in [2.75, 3.05) is 34.8 Å². The van der Waals surface area contributed by atoms with Gasteiger partial charge in [0.15, 0.2) is 0 Å². The molecule has 2 N–H and O–H groups in total. The third kappa shape index (κ3) is 12.3. The second-order valence-corrected chi connectivity index (χ2v) is 21.9. The zero-order valence-corrected chi connectivity index (χ0v) is 40.9. The molecule has 0 amide bonds. The molecule has 0 radical (unpaired) electrons. The number of rotatable bonds is 15. The molecule has 0 spiro atoms. The van der Waals surface area contributed by atoms with Gasteiger partial charge in [0.25, 0.3) is 11.8 Å². The van der Waals surface area contributed by atoms with Crippen LogP contribution in [0.5, 0.6) is 0 Å². The summed E-state index contributed by atoms with van der Waals surface area (Å²) in [5.41, 5.74) is 5.59. The molecular formula is C48H55ClF4N8O7S2. The maximum Gasteiger partial charge on any atom is 0.314 e. The Morgan fingerprint density at radius 1 is 0.643 bits per heavy atom. The smallest absolute Gasteiger partial charge is 0.314 e. The van der Waals surface area contributed by atoms with Gasteiger partial charge in [-0.1, -0.05) is 48.5 Å². The van der Waals surface area contributed by atoms with E-state index in [1.54, 1.807) is 60.7 Å². The van der Waals surface area contributed by atoms with Gasteiger partial charge in [0.2, 0.25) is 31.8 Å². The number of hydrogen-bond acceptors (Lipinski definition) is 13. The lowest BCUT2D eigenvalue weighted by Gasteiger charge is -2.44. The number of anilines is 2. The molecule has 70 heavy (non-hydrogen) atoms. The van der Waals surface area contributed by atoms with E-state index in [1.165, 1.54) is 8.61 Å². The van der Waals surface area contributed by atoms with Crippen LogP contribution in [0.4, 0.5) is 28.9 Å². The molecule has 1 aliphatic carbocycles. The van der Waals surface area contributed by atoms with Crippen molar-refractivity contribution >= 4 is 43.8 Å². The molecule has 1 saturated carbocycles. The average Bonchev–Trinajstić information content (AvgIpc) is 4.05. The molecule has 6 aromatic rings. The average molecular weight is 1030 g/mol. The summed E-state index contributed by atoms with van der Waals surface area (Å²) in [6, 6.07) is 28.8. The SMILES string of the molecule is Cc1cccc(N(Cc2ccc(-c3nnc(C(F)F)o3)cc2)S(=O)(=O)C2CCN(C3CC(O)C3)CC2)c1.Cc1cccc(N(Cc2ccc(-c3nnc(C(F)F)o3)cc2)S(=O)(=O)C2CCNCC2)c1.Cl. The molecule has 3 fully saturated rings. The van der Waals surface area contributed by atoms with Gasteiger partial charge >= 0.3 is 12.9 Å². The fourth-order valence-electron chi connectivity index (χ4n) is 8.79. The Morgan fingerprint density at radius 3 is 1.43 bits per heavy atom. The van der Waals surface area contributed by atoms with Crippen LogP contribution in [-0.2, 0) is 33.1 Å². The van der Waals surface area contributed by atoms with E-state index < -0.39 is 55.2 Å². The lowest BCUT2D eigenvalue weighted by molar-refractivity contribution is -0.00510.